The third-order valence-electron chi connectivity index (χ3n) is 4.67. The second-order valence-corrected chi connectivity index (χ2v) is 10.3. The fourth-order valence-electron chi connectivity index (χ4n) is 2.93. The number of hydrogen-bond donors (Lipinski definition) is 0. The van der Waals surface area contributed by atoms with Crippen LogP contribution in [0.3, 0.4) is 0 Å². The largest absolute Gasteiger partial charge is 0.530 e. The molecule has 0 N–H and O–H groups in total. The summed E-state index contributed by atoms with van der Waals surface area (Å²) in [6.45, 7) is 13.2. The van der Waals surface area contributed by atoms with Crippen LogP contribution in [0.2, 0.25) is 0 Å². The molecule has 0 aliphatic rings. The van der Waals surface area contributed by atoms with Crippen molar-refractivity contribution in [3.05, 3.63) is 90.0 Å². The number of rotatable bonds is 6. The lowest BCUT2D eigenvalue weighted by atomic mass is 9.80. The van der Waals surface area contributed by atoms with Crippen LogP contribution in [-0.2, 0) is 10.8 Å². The normalized spacial score (nSPS) is 12.0. The predicted molar refractivity (Wildman–Crippen MR) is 126 cm³/mol. The van der Waals surface area contributed by atoms with Gasteiger partial charge in [-0.05, 0) is 46.7 Å². The average molecular weight is 423 g/mol. The van der Waals surface area contributed by atoms with Crippen LogP contribution in [0.1, 0.15) is 52.7 Å². The van der Waals surface area contributed by atoms with Gasteiger partial charge < -0.3 is 13.6 Å². The topological polar surface area (TPSA) is 27.7 Å². The van der Waals surface area contributed by atoms with Crippen molar-refractivity contribution < 1.29 is 13.6 Å². The van der Waals surface area contributed by atoms with Crippen molar-refractivity contribution in [2.75, 3.05) is 0 Å². The molecule has 0 unspecified atom stereocenters. The molecule has 0 bridgehead atoms. The molecule has 0 heterocycles. The minimum Gasteiger partial charge on any atom is -0.409 e. The van der Waals surface area contributed by atoms with Crippen molar-refractivity contribution in [2.24, 2.45) is 0 Å². The monoisotopic (exact) mass is 422 g/mol. The van der Waals surface area contributed by atoms with Crippen LogP contribution < -0.4 is 13.6 Å². The van der Waals surface area contributed by atoms with E-state index >= 15 is 0 Å². The van der Waals surface area contributed by atoms with Crippen molar-refractivity contribution in [1.82, 2.24) is 0 Å². The molecule has 0 aliphatic heterocycles. The van der Waals surface area contributed by atoms with Gasteiger partial charge in [-0.15, -0.1) is 0 Å². The number of benzene rings is 3. The zero-order chi connectivity index (χ0) is 21.8. The van der Waals surface area contributed by atoms with Gasteiger partial charge in [0.1, 0.15) is 17.2 Å². The van der Waals surface area contributed by atoms with E-state index in [1.54, 1.807) is 0 Å². The molecule has 3 nitrogen and oxygen atoms in total. The van der Waals surface area contributed by atoms with E-state index in [1.807, 2.05) is 66.7 Å². The maximum atomic E-state index is 6.37. The summed E-state index contributed by atoms with van der Waals surface area (Å²) < 4.78 is 18.6. The lowest BCUT2D eigenvalue weighted by Gasteiger charge is -2.28. The van der Waals surface area contributed by atoms with Crippen LogP contribution >= 0.6 is 8.60 Å². The van der Waals surface area contributed by atoms with Gasteiger partial charge >= 0.3 is 8.60 Å². The number of hydrogen-bond acceptors (Lipinski definition) is 3. The van der Waals surface area contributed by atoms with Gasteiger partial charge in [-0.25, -0.2) is 0 Å². The summed E-state index contributed by atoms with van der Waals surface area (Å²) in [5.41, 5.74) is 2.38. The van der Waals surface area contributed by atoms with Gasteiger partial charge in [0.25, 0.3) is 0 Å². The molecule has 3 aromatic carbocycles. The van der Waals surface area contributed by atoms with E-state index in [0.29, 0.717) is 11.5 Å². The van der Waals surface area contributed by atoms with Gasteiger partial charge in [-0.2, -0.15) is 0 Å². The molecular weight excluding hydrogens is 391 g/mol. The molecule has 0 amide bonds. The molecule has 0 saturated carbocycles. The Labute approximate surface area is 182 Å². The van der Waals surface area contributed by atoms with E-state index < -0.39 is 8.60 Å². The quantitative estimate of drug-likeness (QED) is 0.376. The van der Waals surface area contributed by atoms with Gasteiger partial charge in [-0.3, -0.25) is 0 Å². The lowest BCUT2D eigenvalue weighted by molar-refractivity contribution is 0.382. The van der Waals surface area contributed by atoms with Crippen LogP contribution in [0.15, 0.2) is 78.9 Å². The van der Waals surface area contributed by atoms with Crippen molar-refractivity contribution in [2.45, 2.75) is 52.4 Å². The molecule has 0 atom stereocenters. The molecule has 0 aliphatic carbocycles. The summed E-state index contributed by atoms with van der Waals surface area (Å²) in [6, 6.07) is 25.7. The molecule has 4 heteroatoms. The fourth-order valence-corrected chi connectivity index (χ4v) is 3.95. The third-order valence-corrected chi connectivity index (χ3v) is 5.74. The summed E-state index contributed by atoms with van der Waals surface area (Å²) >= 11 is 0. The predicted octanol–water partition coefficient (Wildman–Crippen LogP) is 8.05. The molecule has 0 spiro atoms. The van der Waals surface area contributed by atoms with Gasteiger partial charge in [0.2, 0.25) is 0 Å². The highest BCUT2D eigenvalue weighted by Gasteiger charge is 2.27. The van der Waals surface area contributed by atoms with Gasteiger partial charge in [0, 0.05) is 5.56 Å². The van der Waals surface area contributed by atoms with Crippen LogP contribution in [0, 0.1) is 0 Å². The second-order valence-electron chi connectivity index (χ2n) is 9.33. The molecule has 0 radical (unpaired) electrons. The maximum Gasteiger partial charge on any atom is 0.530 e. The van der Waals surface area contributed by atoms with Crippen molar-refractivity contribution in [3.63, 3.8) is 0 Å². The minimum absolute atomic E-state index is 0.0599. The molecule has 158 valence electrons. The van der Waals surface area contributed by atoms with E-state index in [2.05, 4.69) is 53.7 Å². The number of para-hydroxylation sites is 2. The molecule has 0 aromatic heterocycles. The van der Waals surface area contributed by atoms with Gasteiger partial charge in [-0.1, -0.05) is 90.1 Å². The minimum atomic E-state index is -1.69. The summed E-state index contributed by atoms with van der Waals surface area (Å²) in [6.07, 6.45) is 0. The van der Waals surface area contributed by atoms with Crippen molar-refractivity contribution >= 4 is 8.60 Å². The Kier molecular flexibility index (Phi) is 6.73. The van der Waals surface area contributed by atoms with Gasteiger partial charge in [0.05, 0.1) is 0 Å². The molecule has 30 heavy (non-hydrogen) atoms. The zero-order valence-corrected chi connectivity index (χ0v) is 19.6. The Hall–Kier alpha value is -2.51. The first-order valence-electron chi connectivity index (χ1n) is 10.2. The Morgan fingerprint density at radius 2 is 1.07 bits per heavy atom. The molecule has 0 fully saturated rings. The highest BCUT2D eigenvalue weighted by Crippen LogP contribution is 2.45. The summed E-state index contributed by atoms with van der Waals surface area (Å²) in [4.78, 5) is 0. The van der Waals surface area contributed by atoms with E-state index in [4.69, 9.17) is 13.6 Å². The smallest absolute Gasteiger partial charge is 0.409 e. The van der Waals surface area contributed by atoms with Crippen LogP contribution in [0.5, 0.6) is 17.2 Å². The maximum absolute atomic E-state index is 6.37. The summed E-state index contributed by atoms with van der Waals surface area (Å²) in [5, 5.41) is 0. The molecule has 3 rings (SSSR count). The average Bonchev–Trinajstić information content (AvgIpc) is 2.68. The van der Waals surface area contributed by atoms with E-state index in [1.165, 1.54) is 5.56 Å². The van der Waals surface area contributed by atoms with Crippen molar-refractivity contribution in [1.29, 1.82) is 0 Å². The van der Waals surface area contributed by atoms with E-state index in [-0.39, 0.29) is 10.8 Å². The SMILES string of the molecule is CC(C)(C)c1ccc(OP(Oc2ccccc2)Oc2ccccc2)c(C(C)(C)C)c1. The Bertz CT molecular complexity index is 900. The van der Waals surface area contributed by atoms with Gasteiger partial charge in [0.15, 0.2) is 0 Å². The van der Waals surface area contributed by atoms with E-state index in [9.17, 15) is 0 Å². The molecule has 0 saturated heterocycles. The highest BCUT2D eigenvalue weighted by atomic mass is 31.2. The standard InChI is InChI=1S/C26H31O3P/c1-25(2,3)20-17-18-24(23(19-20)26(4,5)6)29-30(27-21-13-9-7-10-14-21)28-22-15-11-8-12-16-22/h7-19H,1-6H3. The van der Waals surface area contributed by atoms with Crippen LogP contribution in [0.4, 0.5) is 0 Å². The lowest BCUT2D eigenvalue weighted by Crippen LogP contribution is -2.17. The molecular formula is C26H31O3P. The summed E-state index contributed by atoms with van der Waals surface area (Å²) in [7, 11) is -1.69. The highest BCUT2D eigenvalue weighted by molar-refractivity contribution is 7.43. The molecule has 3 aromatic rings. The zero-order valence-electron chi connectivity index (χ0n) is 18.7. The first-order valence-corrected chi connectivity index (χ1v) is 11.3. The Balaban J connectivity index is 1.94. The van der Waals surface area contributed by atoms with Crippen LogP contribution in [0.25, 0.3) is 0 Å². The second kappa shape index (κ2) is 9.10. The Morgan fingerprint density at radius 3 is 1.50 bits per heavy atom. The third kappa shape index (κ3) is 6.00. The fraction of sp³-hybridized carbons (Fsp3) is 0.308. The van der Waals surface area contributed by atoms with E-state index in [0.717, 1.165) is 11.3 Å². The first kappa shape index (κ1) is 22.2. The van der Waals surface area contributed by atoms with Crippen molar-refractivity contribution in [3.8, 4) is 17.2 Å². The van der Waals surface area contributed by atoms with Crippen LogP contribution in [-0.4, -0.2) is 0 Å². The summed E-state index contributed by atoms with van der Waals surface area (Å²) in [5.74, 6) is 2.21. The first-order chi connectivity index (χ1) is 14.1. The Morgan fingerprint density at radius 1 is 0.567 bits per heavy atom.